The molecule has 182 valence electrons. The van der Waals surface area contributed by atoms with Crippen molar-refractivity contribution >= 4 is 26.8 Å². The number of aryl methyl sites for hydroxylation is 1. The van der Waals surface area contributed by atoms with Crippen LogP contribution < -0.4 is 14.8 Å². The van der Waals surface area contributed by atoms with Crippen LogP contribution in [-0.4, -0.2) is 57.1 Å². The lowest BCUT2D eigenvalue weighted by Gasteiger charge is -2.31. The Kier molecular flexibility index (Phi) is 7.13. The van der Waals surface area contributed by atoms with Crippen molar-refractivity contribution in [3.8, 4) is 11.5 Å². The Labute approximate surface area is 200 Å². The molecule has 0 radical (unpaired) electrons. The molecule has 0 aliphatic carbocycles. The number of rotatable bonds is 8. The van der Waals surface area contributed by atoms with Crippen molar-refractivity contribution in [2.45, 2.75) is 24.2 Å². The maximum absolute atomic E-state index is 13.3. The molecule has 1 aliphatic heterocycles. The first-order valence-electron chi connectivity index (χ1n) is 11.4. The maximum Gasteiger partial charge on any atom is 0.243 e. The quantitative estimate of drug-likeness (QED) is 0.530. The summed E-state index contributed by atoms with van der Waals surface area (Å²) >= 11 is 0. The Balaban J connectivity index is 1.37. The van der Waals surface area contributed by atoms with E-state index >= 15 is 0 Å². The highest BCUT2D eigenvalue weighted by atomic mass is 32.2. The van der Waals surface area contributed by atoms with E-state index in [-0.39, 0.29) is 23.3 Å². The average molecular weight is 486 g/mol. The lowest BCUT2D eigenvalue weighted by atomic mass is 9.99. The maximum atomic E-state index is 13.3. The summed E-state index contributed by atoms with van der Waals surface area (Å²) in [6.45, 7) is 1.07. The zero-order valence-corrected chi connectivity index (χ0v) is 20.6. The van der Waals surface area contributed by atoms with E-state index in [1.165, 1.54) is 4.31 Å². The van der Waals surface area contributed by atoms with Gasteiger partial charge >= 0.3 is 0 Å². The number of benzene rings is 2. The standard InChI is InChI=1S/C25H31N3O5S/c1-27-14-11-19-16-21(7-8-22(19)27)34(30,31)28-13-4-5-20(17-28)25(29)26-12-10-18-6-9-23(32-2)24(15-18)33-3/h6-9,11,14-16,20H,4-5,10,12-13,17H2,1-3H3,(H,26,29)/t20-/m0/s1. The van der Waals surface area contributed by atoms with Gasteiger partial charge in [0.2, 0.25) is 15.9 Å². The smallest absolute Gasteiger partial charge is 0.243 e. The molecule has 3 aromatic rings. The first-order valence-corrected chi connectivity index (χ1v) is 12.8. The van der Waals surface area contributed by atoms with Gasteiger partial charge in [-0.2, -0.15) is 4.31 Å². The molecule has 34 heavy (non-hydrogen) atoms. The number of fused-ring (bicyclic) bond motifs is 1. The molecule has 1 N–H and O–H groups in total. The fourth-order valence-corrected chi connectivity index (χ4v) is 6.01. The highest BCUT2D eigenvalue weighted by Crippen LogP contribution is 2.28. The predicted molar refractivity (Wildman–Crippen MR) is 131 cm³/mol. The number of sulfonamides is 1. The normalized spacial score (nSPS) is 17.0. The summed E-state index contributed by atoms with van der Waals surface area (Å²) in [5.41, 5.74) is 1.99. The van der Waals surface area contributed by atoms with Crippen molar-refractivity contribution < 1.29 is 22.7 Å². The van der Waals surface area contributed by atoms with Gasteiger partial charge in [-0.1, -0.05) is 6.07 Å². The predicted octanol–water partition coefficient (Wildman–Crippen LogP) is 2.96. The molecule has 2 aromatic carbocycles. The van der Waals surface area contributed by atoms with Gasteiger partial charge in [0.15, 0.2) is 11.5 Å². The van der Waals surface area contributed by atoms with Gasteiger partial charge in [0.25, 0.3) is 0 Å². The summed E-state index contributed by atoms with van der Waals surface area (Å²) in [5, 5.41) is 3.85. The highest BCUT2D eigenvalue weighted by molar-refractivity contribution is 7.89. The van der Waals surface area contributed by atoms with Crippen LogP contribution in [0.15, 0.2) is 53.6 Å². The molecule has 8 nitrogen and oxygen atoms in total. The largest absolute Gasteiger partial charge is 0.493 e. The van der Waals surface area contributed by atoms with E-state index in [0.29, 0.717) is 43.9 Å². The first kappa shape index (κ1) is 24.1. The second-order valence-corrected chi connectivity index (χ2v) is 10.5. The number of nitrogens with zero attached hydrogens (tertiary/aromatic N) is 2. The molecule has 0 saturated carbocycles. The number of nitrogens with one attached hydrogen (secondary N) is 1. The minimum Gasteiger partial charge on any atom is -0.493 e. The Morgan fingerprint density at radius 2 is 1.88 bits per heavy atom. The number of aromatic nitrogens is 1. The number of hydrogen-bond donors (Lipinski definition) is 1. The van der Waals surface area contributed by atoms with E-state index in [2.05, 4.69) is 5.32 Å². The molecule has 0 bridgehead atoms. The van der Waals surface area contributed by atoms with Gasteiger partial charge in [0, 0.05) is 43.8 Å². The molecule has 1 amide bonds. The van der Waals surface area contributed by atoms with Crippen LogP contribution in [0.5, 0.6) is 11.5 Å². The summed E-state index contributed by atoms with van der Waals surface area (Å²) in [6, 6.07) is 12.7. The topological polar surface area (TPSA) is 89.9 Å². The highest BCUT2D eigenvalue weighted by Gasteiger charge is 2.33. The lowest BCUT2D eigenvalue weighted by Crippen LogP contribution is -2.45. The molecule has 1 fully saturated rings. The molecule has 2 heterocycles. The van der Waals surface area contributed by atoms with Crippen LogP contribution in [0.2, 0.25) is 0 Å². The number of ether oxygens (including phenoxy) is 2. The summed E-state index contributed by atoms with van der Waals surface area (Å²) in [5.74, 6) is 0.826. The van der Waals surface area contributed by atoms with Crippen molar-refractivity contribution in [3.05, 3.63) is 54.2 Å². The van der Waals surface area contributed by atoms with Crippen LogP contribution in [0.4, 0.5) is 0 Å². The number of carbonyl (C=O) groups excluding carboxylic acids is 1. The van der Waals surface area contributed by atoms with Crippen LogP contribution in [0.3, 0.4) is 0 Å². The first-order chi connectivity index (χ1) is 16.3. The van der Waals surface area contributed by atoms with Crippen LogP contribution in [0.1, 0.15) is 18.4 Å². The van der Waals surface area contributed by atoms with Gasteiger partial charge in [-0.3, -0.25) is 4.79 Å². The fourth-order valence-electron chi connectivity index (χ4n) is 4.45. The third kappa shape index (κ3) is 4.90. The van der Waals surface area contributed by atoms with Gasteiger partial charge in [0.05, 0.1) is 25.0 Å². The van der Waals surface area contributed by atoms with E-state index in [4.69, 9.17) is 9.47 Å². The van der Waals surface area contributed by atoms with Crippen molar-refractivity contribution in [2.24, 2.45) is 13.0 Å². The average Bonchev–Trinajstić information content (AvgIpc) is 3.23. The second kappa shape index (κ2) is 10.1. The Hall–Kier alpha value is -3.04. The number of methoxy groups -OCH3 is 2. The third-order valence-corrected chi connectivity index (χ3v) is 8.27. The minimum absolute atomic E-state index is 0.112. The molecule has 1 atom stereocenters. The molecule has 4 rings (SSSR count). The Bertz CT molecular complexity index is 1280. The van der Waals surface area contributed by atoms with E-state index in [1.54, 1.807) is 26.4 Å². The fraction of sp³-hybridized carbons (Fsp3) is 0.400. The second-order valence-electron chi connectivity index (χ2n) is 8.58. The summed E-state index contributed by atoms with van der Waals surface area (Å²) in [4.78, 5) is 13.1. The van der Waals surface area contributed by atoms with Gasteiger partial charge in [-0.25, -0.2) is 8.42 Å². The van der Waals surface area contributed by atoms with Gasteiger partial charge < -0.3 is 19.4 Å². The molecule has 0 unspecified atom stereocenters. The number of carbonyl (C=O) groups is 1. The monoisotopic (exact) mass is 485 g/mol. The van der Waals surface area contributed by atoms with E-state index in [9.17, 15) is 13.2 Å². The third-order valence-electron chi connectivity index (χ3n) is 6.41. The number of piperidine rings is 1. The summed E-state index contributed by atoms with van der Waals surface area (Å²) < 4.78 is 40.5. The van der Waals surface area contributed by atoms with Crippen molar-refractivity contribution in [1.82, 2.24) is 14.2 Å². The van der Waals surface area contributed by atoms with Crippen molar-refractivity contribution in [2.75, 3.05) is 33.9 Å². The van der Waals surface area contributed by atoms with Gasteiger partial charge in [-0.15, -0.1) is 0 Å². The number of hydrogen-bond acceptors (Lipinski definition) is 5. The Morgan fingerprint density at radius 3 is 2.65 bits per heavy atom. The molecule has 1 aliphatic rings. The number of amides is 1. The van der Waals surface area contributed by atoms with E-state index in [1.807, 2.05) is 48.1 Å². The van der Waals surface area contributed by atoms with Crippen LogP contribution in [0.25, 0.3) is 10.9 Å². The van der Waals surface area contributed by atoms with Crippen LogP contribution in [-0.2, 0) is 28.3 Å². The van der Waals surface area contributed by atoms with Crippen LogP contribution in [0, 0.1) is 5.92 Å². The van der Waals surface area contributed by atoms with Crippen molar-refractivity contribution in [3.63, 3.8) is 0 Å². The van der Waals surface area contributed by atoms with Gasteiger partial charge in [-0.05, 0) is 61.2 Å². The molecular formula is C25H31N3O5S. The summed E-state index contributed by atoms with van der Waals surface area (Å²) in [6.07, 6.45) is 3.87. The zero-order valence-electron chi connectivity index (χ0n) is 19.8. The zero-order chi connectivity index (χ0) is 24.3. The molecular weight excluding hydrogens is 454 g/mol. The lowest BCUT2D eigenvalue weighted by molar-refractivity contribution is -0.126. The Morgan fingerprint density at radius 1 is 1.09 bits per heavy atom. The van der Waals surface area contributed by atoms with Gasteiger partial charge in [0.1, 0.15) is 0 Å². The van der Waals surface area contributed by atoms with E-state index < -0.39 is 10.0 Å². The molecule has 1 saturated heterocycles. The molecule has 1 aromatic heterocycles. The molecule has 0 spiro atoms. The van der Waals surface area contributed by atoms with Crippen LogP contribution >= 0.6 is 0 Å². The van der Waals surface area contributed by atoms with Crippen molar-refractivity contribution in [1.29, 1.82) is 0 Å². The molecule has 9 heteroatoms. The minimum atomic E-state index is -3.67. The van der Waals surface area contributed by atoms with E-state index in [0.717, 1.165) is 16.5 Å². The summed E-state index contributed by atoms with van der Waals surface area (Å²) in [7, 11) is 1.43. The SMILES string of the molecule is COc1ccc(CCNC(=O)[C@H]2CCCN(S(=O)(=O)c3ccc4c(ccn4C)c3)C2)cc1OC.